The fourth-order valence-corrected chi connectivity index (χ4v) is 2.67. The van der Waals surface area contributed by atoms with E-state index in [1.54, 1.807) is 6.07 Å². The minimum absolute atomic E-state index is 0.0348. The fourth-order valence-electron chi connectivity index (χ4n) is 2.47. The van der Waals surface area contributed by atoms with Gasteiger partial charge in [0, 0.05) is 17.5 Å². The summed E-state index contributed by atoms with van der Waals surface area (Å²) in [6, 6.07) is 7.44. The molecular formula is C15H20ClN3O2. The molecule has 1 aliphatic heterocycles. The van der Waals surface area contributed by atoms with Crippen LogP contribution in [-0.2, 0) is 16.1 Å². The number of hydrogen-bond donors (Lipinski definition) is 2. The van der Waals surface area contributed by atoms with Gasteiger partial charge in [-0.05, 0) is 37.6 Å². The predicted molar refractivity (Wildman–Crippen MR) is 81.7 cm³/mol. The van der Waals surface area contributed by atoms with Gasteiger partial charge in [0.1, 0.15) is 0 Å². The van der Waals surface area contributed by atoms with Crippen LogP contribution in [0.25, 0.3) is 0 Å². The summed E-state index contributed by atoms with van der Waals surface area (Å²) in [7, 11) is 0. The Morgan fingerprint density at radius 1 is 1.29 bits per heavy atom. The molecule has 114 valence electrons. The molecule has 0 aliphatic carbocycles. The van der Waals surface area contributed by atoms with E-state index < -0.39 is 0 Å². The molecule has 21 heavy (non-hydrogen) atoms. The number of carbonyl (C=O) groups excluding carboxylic acids is 2. The first kappa shape index (κ1) is 15.8. The van der Waals surface area contributed by atoms with Crippen molar-refractivity contribution in [1.29, 1.82) is 0 Å². The van der Waals surface area contributed by atoms with Gasteiger partial charge in [-0.25, -0.2) is 0 Å². The van der Waals surface area contributed by atoms with Gasteiger partial charge in [0.05, 0.1) is 6.54 Å². The van der Waals surface area contributed by atoms with E-state index in [1.807, 2.05) is 23.1 Å². The van der Waals surface area contributed by atoms with Gasteiger partial charge in [0.15, 0.2) is 0 Å². The second-order valence-corrected chi connectivity index (χ2v) is 5.73. The Labute approximate surface area is 129 Å². The Morgan fingerprint density at radius 2 is 1.95 bits per heavy atom. The van der Waals surface area contributed by atoms with Crippen LogP contribution in [-0.4, -0.2) is 36.3 Å². The minimum atomic E-state index is -0.238. The van der Waals surface area contributed by atoms with Crippen molar-refractivity contribution in [2.24, 2.45) is 11.7 Å². The summed E-state index contributed by atoms with van der Waals surface area (Å²) in [4.78, 5) is 25.1. The molecule has 1 heterocycles. The number of nitrogens with one attached hydrogen (secondary N) is 1. The lowest BCUT2D eigenvalue weighted by molar-refractivity contribution is -0.124. The molecular weight excluding hydrogens is 290 g/mol. The highest BCUT2D eigenvalue weighted by Gasteiger charge is 2.24. The van der Waals surface area contributed by atoms with Crippen LogP contribution in [0.15, 0.2) is 24.3 Å². The lowest BCUT2D eigenvalue weighted by Gasteiger charge is -2.29. The van der Waals surface area contributed by atoms with Crippen molar-refractivity contribution in [3.63, 3.8) is 0 Å². The monoisotopic (exact) mass is 309 g/mol. The molecule has 2 amide bonds. The van der Waals surface area contributed by atoms with Crippen molar-refractivity contribution in [3.8, 4) is 0 Å². The molecule has 1 saturated heterocycles. The highest BCUT2D eigenvalue weighted by atomic mass is 35.5. The Hall–Kier alpha value is -1.59. The van der Waals surface area contributed by atoms with Crippen LogP contribution in [0.4, 0.5) is 0 Å². The summed E-state index contributed by atoms with van der Waals surface area (Å²) < 4.78 is 0. The Balaban J connectivity index is 1.73. The van der Waals surface area contributed by atoms with Crippen molar-refractivity contribution in [3.05, 3.63) is 34.9 Å². The summed E-state index contributed by atoms with van der Waals surface area (Å²) in [6.45, 7) is 2.23. The lowest BCUT2D eigenvalue weighted by atomic mass is 9.96. The normalized spacial score (nSPS) is 16.6. The van der Waals surface area contributed by atoms with Crippen LogP contribution in [0.2, 0.25) is 5.02 Å². The largest absolute Gasteiger partial charge is 0.369 e. The Morgan fingerprint density at radius 3 is 2.57 bits per heavy atom. The number of nitrogens with two attached hydrogens (primary N) is 1. The Bertz CT molecular complexity index is 513. The number of nitrogens with zero attached hydrogens (tertiary/aromatic N) is 1. The standard InChI is InChI=1S/C15H20ClN3O2/c16-13-4-2-1-3-12(13)9-18-14(20)10-19-7-5-11(6-8-19)15(17)21/h1-4,11H,5-10H2,(H2,17,21)(H,18,20). The van der Waals surface area contributed by atoms with E-state index in [2.05, 4.69) is 5.32 Å². The maximum absolute atomic E-state index is 11.9. The molecule has 0 unspecified atom stereocenters. The number of benzene rings is 1. The van der Waals surface area contributed by atoms with Gasteiger partial charge >= 0.3 is 0 Å². The van der Waals surface area contributed by atoms with Gasteiger partial charge < -0.3 is 11.1 Å². The first-order valence-electron chi connectivity index (χ1n) is 7.08. The molecule has 0 radical (unpaired) electrons. The number of carbonyl (C=O) groups is 2. The molecule has 1 aromatic carbocycles. The molecule has 2 rings (SSSR count). The topological polar surface area (TPSA) is 75.4 Å². The third-order valence-electron chi connectivity index (χ3n) is 3.79. The van der Waals surface area contributed by atoms with Gasteiger partial charge in [-0.15, -0.1) is 0 Å². The third-order valence-corrected chi connectivity index (χ3v) is 4.16. The molecule has 0 atom stereocenters. The van der Waals surface area contributed by atoms with E-state index in [0.717, 1.165) is 31.5 Å². The third kappa shape index (κ3) is 4.72. The van der Waals surface area contributed by atoms with Crippen molar-refractivity contribution >= 4 is 23.4 Å². The average Bonchev–Trinajstić information content (AvgIpc) is 2.47. The fraction of sp³-hybridized carbons (Fsp3) is 0.467. The SMILES string of the molecule is NC(=O)C1CCN(CC(=O)NCc2ccccc2Cl)CC1. The van der Waals surface area contributed by atoms with Crippen LogP contribution in [0.3, 0.4) is 0 Å². The molecule has 0 spiro atoms. The summed E-state index contributed by atoms with van der Waals surface area (Å²) in [5, 5.41) is 3.52. The molecule has 1 fully saturated rings. The second kappa shape index (κ2) is 7.43. The molecule has 1 aliphatic rings. The van der Waals surface area contributed by atoms with E-state index in [0.29, 0.717) is 18.1 Å². The minimum Gasteiger partial charge on any atom is -0.369 e. The van der Waals surface area contributed by atoms with Gasteiger partial charge in [-0.2, -0.15) is 0 Å². The number of primary amides is 1. The molecule has 0 aromatic heterocycles. The van der Waals surface area contributed by atoms with Crippen LogP contribution >= 0.6 is 11.6 Å². The second-order valence-electron chi connectivity index (χ2n) is 5.32. The number of rotatable bonds is 5. The van der Waals surface area contributed by atoms with Gasteiger partial charge in [0.2, 0.25) is 11.8 Å². The van der Waals surface area contributed by atoms with Gasteiger partial charge in [0.25, 0.3) is 0 Å². The van der Waals surface area contributed by atoms with E-state index in [1.165, 1.54) is 0 Å². The average molecular weight is 310 g/mol. The zero-order valence-corrected chi connectivity index (χ0v) is 12.6. The van der Waals surface area contributed by atoms with Crippen molar-refractivity contribution in [2.75, 3.05) is 19.6 Å². The molecule has 1 aromatic rings. The predicted octanol–water partition coefficient (Wildman–Crippen LogP) is 1.15. The van der Waals surface area contributed by atoms with E-state index >= 15 is 0 Å². The Kier molecular flexibility index (Phi) is 5.59. The maximum Gasteiger partial charge on any atom is 0.234 e. The molecule has 6 heteroatoms. The highest BCUT2D eigenvalue weighted by molar-refractivity contribution is 6.31. The number of hydrogen-bond acceptors (Lipinski definition) is 3. The van der Waals surface area contributed by atoms with E-state index in [4.69, 9.17) is 17.3 Å². The maximum atomic E-state index is 11.9. The van der Waals surface area contributed by atoms with E-state index in [-0.39, 0.29) is 17.7 Å². The smallest absolute Gasteiger partial charge is 0.234 e. The lowest BCUT2D eigenvalue weighted by Crippen LogP contribution is -2.43. The number of likely N-dealkylation sites (tertiary alicyclic amines) is 1. The van der Waals surface area contributed by atoms with Crippen molar-refractivity contribution in [2.45, 2.75) is 19.4 Å². The highest BCUT2D eigenvalue weighted by Crippen LogP contribution is 2.16. The van der Waals surface area contributed by atoms with Gasteiger partial charge in [-0.3, -0.25) is 14.5 Å². The zero-order chi connectivity index (χ0) is 15.2. The zero-order valence-electron chi connectivity index (χ0n) is 11.8. The molecule has 0 saturated carbocycles. The first-order chi connectivity index (χ1) is 10.1. The molecule has 0 bridgehead atoms. The van der Waals surface area contributed by atoms with Crippen molar-refractivity contribution < 1.29 is 9.59 Å². The van der Waals surface area contributed by atoms with Gasteiger partial charge in [-0.1, -0.05) is 29.8 Å². The quantitative estimate of drug-likeness (QED) is 0.857. The first-order valence-corrected chi connectivity index (χ1v) is 7.46. The van der Waals surface area contributed by atoms with Crippen LogP contribution in [0.1, 0.15) is 18.4 Å². The molecule has 3 N–H and O–H groups in total. The number of halogens is 1. The summed E-state index contributed by atoms with van der Waals surface area (Å²) in [5.74, 6) is -0.322. The van der Waals surface area contributed by atoms with Crippen LogP contribution in [0.5, 0.6) is 0 Å². The number of piperidine rings is 1. The van der Waals surface area contributed by atoms with Crippen LogP contribution < -0.4 is 11.1 Å². The van der Waals surface area contributed by atoms with E-state index in [9.17, 15) is 9.59 Å². The summed E-state index contributed by atoms with van der Waals surface area (Å²) in [5.41, 5.74) is 6.19. The van der Waals surface area contributed by atoms with Crippen molar-refractivity contribution in [1.82, 2.24) is 10.2 Å². The summed E-state index contributed by atoms with van der Waals surface area (Å²) >= 11 is 6.04. The number of amides is 2. The van der Waals surface area contributed by atoms with Crippen LogP contribution in [0, 0.1) is 5.92 Å². The molecule has 5 nitrogen and oxygen atoms in total. The summed E-state index contributed by atoms with van der Waals surface area (Å²) in [6.07, 6.45) is 1.46.